The predicted molar refractivity (Wildman–Crippen MR) is 108 cm³/mol. The largest absolute Gasteiger partial charge is 0.493 e. The van der Waals surface area contributed by atoms with Crippen LogP contribution in [0.15, 0.2) is 30.3 Å². The molecule has 0 aliphatic carbocycles. The molecule has 1 heterocycles. The lowest BCUT2D eigenvalue weighted by Gasteiger charge is -2.32. The highest BCUT2D eigenvalue weighted by molar-refractivity contribution is 5.98. The van der Waals surface area contributed by atoms with E-state index in [-0.39, 0.29) is 11.3 Å². The highest BCUT2D eigenvalue weighted by atomic mass is 19.4. The SMILES string of the molecule is COc1c([C@@H]2[C@@H](C(=O)Nc3ccc(F)c(C(N)=O)c3)O[C@@](C)(C(F)(F)F)[C@H]2C)ccc(F)c1F. The Bertz CT molecular complexity index is 1140. The molecule has 0 aromatic heterocycles. The summed E-state index contributed by atoms with van der Waals surface area (Å²) >= 11 is 0. The van der Waals surface area contributed by atoms with E-state index in [1.165, 1.54) is 0 Å². The molecule has 1 aliphatic heterocycles. The average Bonchev–Trinajstić information content (AvgIpc) is 3.03. The predicted octanol–water partition coefficient (Wildman–Crippen LogP) is 4.29. The number of amides is 2. The van der Waals surface area contributed by atoms with E-state index in [1.54, 1.807) is 0 Å². The van der Waals surface area contributed by atoms with E-state index >= 15 is 0 Å². The van der Waals surface area contributed by atoms with Crippen molar-refractivity contribution in [3.05, 3.63) is 58.9 Å². The van der Waals surface area contributed by atoms with Gasteiger partial charge in [-0.2, -0.15) is 17.6 Å². The highest BCUT2D eigenvalue weighted by Crippen LogP contribution is 2.55. The smallest absolute Gasteiger partial charge is 0.417 e. The quantitative estimate of drug-likeness (QED) is 0.612. The number of nitrogens with one attached hydrogen (secondary N) is 1. The fourth-order valence-electron chi connectivity index (χ4n) is 4.05. The van der Waals surface area contributed by atoms with Crippen molar-refractivity contribution in [1.29, 1.82) is 0 Å². The van der Waals surface area contributed by atoms with Crippen LogP contribution in [0.5, 0.6) is 5.75 Å². The van der Waals surface area contributed by atoms with Crippen LogP contribution in [0.4, 0.5) is 32.0 Å². The third kappa shape index (κ3) is 4.17. The van der Waals surface area contributed by atoms with Crippen LogP contribution in [0.1, 0.15) is 35.7 Å². The van der Waals surface area contributed by atoms with E-state index < -0.39 is 70.3 Å². The Morgan fingerprint density at radius 3 is 2.29 bits per heavy atom. The van der Waals surface area contributed by atoms with Crippen LogP contribution in [0, 0.1) is 23.4 Å². The molecule has 184 valence electrons. The van der Waals surface area contributed by atoms with Crippen molar-refractivity contribution in [3.63, 3.8) is 0 Å². The first kappa shape index (κ1) is 25.3. The summed E-state index contributed by atoms with van der Waals surface area (Å²) in [7, 11) is 1.00. The van der Waals surface area contributed by atoms with Gasteiger partial charge in [0, 0.05) is 23.1 Å². The summed E-state index contributed by atoms with van der Waals surface area (Å²) in [6.45, 7) is 1.91. The van der Waals surface area contributed by atoms with Gasteiger partial charge in [0.25, 0.3) is 11.8 Å². The number of primary amides is 1. The van der Waals surface area contributed by atoms with Crippen molar-refractivity contribution < 1.29 is 45.4 Å². The average molecular weight is 490 g/mol. The third-order valence-corrected chi connectivity index (χ3v) is 6.07. The summed E-state index contributed by atoms with van der Waals surface area (Å²) < 4.78 is 93.8. The first-order chi connectivity index (χ1) is 15.7. The normalized spacial score (nSPS) is 24.7. The van der Waals surface area contributed by atoms with Gasteiger partial charge in [0.15, 0.2) is 17.2 Å². The molecule has 34 heavy (non-hydrogen) atoms. The van der Waals surface area contributed by atoms with E-state index in [0.717, 1.165) is 45.2 Å². The van der Waals surface area contributed by atoms with Crippen molar-refractivity contribution in [2.24, 2.45) is 11.7 Å². The number of halogens is 6. The van der Waals surface area contributed by atoms with Crippen LogP contribution in [-0.2, 0) is 9.53 Å². The van der Waals surface area contributed by atoms with Gasteiger partial charge in [-0.3, -0.25) is 9.59 Å². The zero-order valence-electron chi connectivity index (χ0n) is 18.1. The summed E-state index contributed by atoms with van der Waals surface area (Å²) in [5.74, 6) is -9.46. The van der Waals surface area contributed by atoms with Gasteiger partial charge in [0.05, 0.1) is 12.7 Å². The number of hydrogen-bond donors (Lipinski definition) is 2. The molecule has 0 saturated carbocycles. The first-order valence-electron chi connectivity index (χ1n) is 9.89. The van der Waals surface area contributed by atoms with Crippen molar-refractivity contribution in [2.45, 2.75) is 37.6 Å². The number of hydrogen-bond acceptors (Lipinski definition) is 4. The van der Waals surface area contributed by atoms with Gasteiger partial charge in [0.1, 0.15) is 11.9 Å². The molecule has 0 spiro atoms. The molecule has 0 unspecified atom stereocenters. The maximum Gasteiger partial charge on any atom is 0.417 e. The lowest BCUT2D eigenvalue weighted by Crippen LogP contribution is -2.47. The molecule has 3 N–H and O–H groups in total. The summed E-state index contributed by atoms with van der Waals surface area (Å²) in [5.41, 5.74) is 1.32. The second-order valence-electron chi connectivity index (χ2n) is 7.99. The number of anilines is 1. The molecule has 1 saturated heterocycles. The monoisotopic (exact) mass is 490 g/mol. The van der Waals surface area contributed by atoms with Gasteiger partial charge < -0.3 is 20.5 Å². The molecule has 1 fully saturated rings. The number of rotatable bonds is 5. The summed E-state index contributed by atoms with van der Waals surface area (Å²) in [5, 5.41) is 2.26. The molecule has 4 atom stereocenters. The minimum Gasteiger partial charge on any atom is -0.493 e. The fourth-order valence-corrected chi connectivity index (χ4v) is 4.05. The number of methoxy groups -OCH3 is 1. The number of nitrogens with two attached hydrogens (primary N) is 1. The van der Waals surface area contributed by atoms with Gasteiger partial charge in [-0.15, -0.1) is 0 Å². The molecule has 1 aliphatic rings. The van der Waals surface area contributed by atoms with E-state index in [1.807, 2.05) is 0 Å². The Labute approximate surface area is 190 Å². The van der Waals surface area contributed by atoms with E-state index in [4.69, 9.17) is 15.2 Å². The molecule has 0 bridgehead atoms. The van der Waals surface area contributed by atoms with E-state index in [2.05, 4.69) is 5.32 Å². The van der Waals surface area contributed by atoms with Crippen LogP contribution >= 0.6 is 0 Å². The van der Waals surface area contributed by atoms with Crippen molar-refractivity contribution in [2.75, 3.05) is 12.4 Å². The lowest BCUT2D eigenvalue weighted by molar-refractivity contribution is -0.272. The topological polar surface area (TPSA) is 90.6 Å². The standard InChI is InChI=1S/C22H20F6N2O4/c1-9-15(11-5-7-14(24)16(25)17(11)33-3)18(34-21(9,2)22(26,27)28)20(32)30-10-4-6-13(23)12(8-10)19(29)31/h4-9,15,18H,1-3H3,(H2,29,31)(H,30,32)/t9-,15+,18-,21+/m0/s1. The third-order valence-electron chi connectivity index (χ3n) is 6.07. The van der Waals surface area contributed by atoms with Crippen LogP contribution in [0.3, 0.4) is 0 Å². The minimum atomic E-state index is -4.93. The number of alkyl halides is 3. The minimum absolute atomic E-state index is 0.145. The zero-order valence-corrected chi connectivity index (χ0v) is 18.1. The Kier molecular flexibility index (Phi) is 6.57. The first-order valence-corrected chi connectivity index (χ1v) is 9.89. The van der Waals surface area contributed by atoms with Gasteiger partial charge >= 0.3 is 6.18 Å². The lowest BCUT2D eigenvalue weighted by atomic mass is 9.77. The second kappa shape index (κ2) is 8.82. The molecule has 6 nitrogen and oxygen atoms in total. The van der Waals surface area contributed by atoms with Crippen LogP contribution < -0.4 is 15.8 Å². The maximum absolute atomic E-state index is 14.4. The van der Waals surface area contributed by atoms with Gasteiger partial charge in [-0.25, -0.2) is 8.78 Å². The molecule has 2 amide bonds. The van der Waals surface area contributed by atoms with Crippen LogP contribution in [-0.4, -0.2) is 36.8 Å². The molecular weight excluding hydrogens is 470 g/mol. The number of benzene rings is 2. The van der Waals surface area contributed by atoms with Crippen molar-refractivity contribution in [1.82, 2.24) is 0 Å². The molecule has 3 rings (SSSR count). The Hall–Kier alpha value is -3.28. The zero-order chi connectivity index (χ0) is 25.6. The maximum atomic E-state index is 14.4. The summed E-state index contributed by atoms with van der Waals surface area (Å²) in [6, 6.07) is 4.53. The number of carbonyl (C=O) groups is 2. The van der Waals surface area contributed by atoms with E-state index in [0.29, 0.717) is 6.07 Å². The molecular formula is C22H20F6N2O4. The van der Waals surface area contributed by atoms with Gasteiger partial charge in [-0.1, -0.05) is 13.0 Å². The Morgan fingerprint density at radius 2 is 1.74 bits per heavy atom. The summed E-state index contributed by atoms with van der Waals surface area (Å²) in [4.78, 5) is 24.4. The molecule has 2 aromatic rings. The van der Waals surface area contributed by atoms with E-state index in [9.17, 15) is 35.9 Å². The fraction of sp³-hybridized carbons (Fsp3) is 0.364. The van der Waals surface area contributed by atoms with Crippen molar-refractivity contribution >= 4 is 17.5 Å². The summed E-state index contributed by atoms with van der Waals surface area (Å²) in [6.07, 6.45) is -6.77. The van der Waals surface area contributed by atoms with Gasteiger partial charge in [0.2, 0.25) is 5.82 Å². The Morgan fingerprint density at radius 1 is 1.12 bits per heavy atom. The van der Waals surface area contributed by atoms with Crippen molar-refractivity contribution in [3.8, 4) is 5.75 Å². The van der Waals surface area contributed by atoms with Gasteiger partial charge in [-0.05, 0) is 31.2 Å². The molecule has 0 radical (unpaired) electrons. The number of ether oxygens (including phenoxy) is 2. The number of carbonyl (C=O) groups excluding carboxylic acids is 2. The van der Waals surface area contributed by atoms with Crippen LogP contribution in [0.25, 0.3) is 0 Å². The second-order valence-corrected chi connectivity index (χ2v) is 7.99. The highest BCUT2D eigenvalue weighted by Gasteiger charge is 2.65. The molecule has 2 aromatic carbocycles. The van der Waals surface area contributed by atoms with Crippen LogP contribution in [0.2, 0.25) is 0 Å². The molecule has 12 heteroatoms. The Balaban J connectivity index is 2.08.